The van der Waals surface area contributed by atoms with Crippen LogP contribution in [0.15, 0.2) is 167 Å². The van der Waals surface area contributed by atoms with Crippen molar-refractivity contribution in [2.45, 2.75) is 0 Å². The molecule has 0 fully saturated rings. The van der Waals surface area contributed by atoms with E-state index in [2.05, 4.69) is 182 Å². The van der Waals surface area contributed by atoms with Crippen LogP contribution in [0.2, 0.25) is 5.02 Å². The Hall–Kier alpha value is -4.19. The second-order valence-electron chi connectivity index (χ2n) is 12.1. The molecule has 0 unspecified atom stereocenters. The van der Waals surface area contributed by atoms with Gasteiger partial charge in [-0.15, -0.1) is 0 Å². The van der Waals surface area contributed by atoms with Crippen LogP contribution in [0.5, 0.6) is 0 Å². The molecule has 0 spiro atoms. The largest absolute Gasteiger partial charge is 0.309 e. The number of hydrogen-bond acceptors (Lipinski definition) is 0. The third-order valence-electron chi connectivity index (χ3n) is 9.67. The van der Waals surface area contributed by atoms with E-state index in [4.69, 9.17) is 11.6 Å². The highest BCUT2D eigenvalue weighted by atomic mass is 79.9. The molecule has 7 aromatic carbocycles. The molecule has 2 heterocycles. The van der Waals surface area contributed by atoms with E-state index in [0.717, 1.165) is 14.0 Å². The SMILES string of the molecule is Clc1ccc([Si]2(c3ccc4c(c3)c3ccccc3n4-c3ccccc3-c3ccccc3)c3ccc(Br)cc3-c3cc(Br)ccc32)cc1. The minimum atomic E-state index is -2.74. The van der Waals surface area contributed by atoms with Crippen molar-refractivity contribution in [2.24, 2.45) is 0 Å². The minimum absolute atomic E-state index is 0.749. The molecule has 0 saturated heterocycles. The summed E-state index contributed by atoms with van der Waals surface area (Å²) in [6.07, 6.45) is 0. The minimum Gasteiger partial charge on any atom is -0.309 e. The van der Waals surface area contributed by atoms with E-state index in [1.54, 1.807) is 0 Å². The molecular formula is C42H26Br2ClNSi. The molecule has 0 amide bonds. The van der Waals surface area contributed by atoms with E-state index in [9.17, 15) is 0 Å². The third-order valence-corrected chi connectivity index (χ3v) is 15.8. The lowest BCUT2D eigenvalue weighted by Gasteiger charge is -2.31. The van der Waals surface area contributed by atoms with Gasteiger partial charge < -0.3 is 4.57 Å². The summed E-state index contributed by atoms with van der Waals surface area (Å²) in [6.45, 7) is 0. The van der Waals surface area contributed by atoms with Gasteiger partial charge in [-0.3, -0.25) is 0 Å². The number of nitrogens with zero attached hydrogens (tertiary/aromatic N) is 1. The highest BCUT2D eigenvalue weighted by Gasteiger charge is 2.49. The Balaban J connectivity index is 1.38. The molecule has 0 atom stereocenters. The fourth-order valence-corrected chi connectivity index (χ4v) is 13.7. The molecular weight excluding hydrogens is 742 g/mol. The Labute approximate surface area is 296 Å². The quantitative estimate of drug-likeness (QED) is 0.157. The topological polar surface area (TPSA) is 4.93 Å². The van der Waals surface area contributed by atoms with Gasteiger partial charge in [0.05, 0.1) is 16.7 Å². The van der Waals surface area contributed by atoms with Gasteiger partial charge >= 0.3 is 0 Å². The maximum Gasteiger partial charge on any atom is 0.180 e. The maximum atomic E-state index is 6.51. The molecule has 0 saturated carbocycles. The van der Waals surface area contributed by atoms with Crippen molar-refractivity contribution in [1.29, 1.82) is 0 Å². The number of rotatable bonds is 4. The smallest absolute Gasteiger partial charge is 0.180 e. The summed E-state index contributed by atoms with van der Waals surface area (Å²) < 4.78 is 4.61. The summed E-state index contributed by atoms with van der Waals surface area (Å²) in [5.74, 6) is 0. The zero-order valence-electron chi connectivity index (χ0n) is 25.1. The molecule has 9 rings (SSSR count). The van der Waals surface area contributed by atoms with Crippen molar-refractivity contribution >= 4 is 94.1 Å². The number of benzene rings is 7. The van der Waals surface area contributed by atoms with Crippen molar-refractivity contribution in [3.63, 3.8) is 0 Å². The molecule has 8 aromatic rings. The normalized spacial score (nSPS) is 13.2. The first-order chi connectivity index (χ1) is 23.0. The molecule has 0 radical (unpaired) electrons. The van der Waals surface area contributed by atoms with Crippen LogP contribution >= 0.6 is 43.5 Å². The predicted molar refractivity (Wildman–Crippen MR) is 209 cm³/mol. The van der Waals surface area contributed by atoms with E-state index in [1.165, 1.54) is 70.5 Å². The summed E-state index contributed by atoms with van der Waals surface area (Å²) in [6, 6.07) is 57.7. The van der Waals surface area contributed by atoms with E-state index < -0.39 is 8.07 Å². The number of halogens is 3. The van der Waals surface area contributed by atoms with Crippen LogP contribution in [0.1, 0.15) is 0 Å². The lowest BCUT2D eigenvalue weighted by Crippen LogP contribution is -2.72. The third kappa shape index (κ3) is 4.39. The maximum absolute atomic E-state index is 6.51. The Kier molecular flexibility index (Phi) is 6.91. The van der Waals surface area contributed by atoms with Crippen LogP contribution in [-0.4, -0.2) is 12.6 Å². The van der Waals surface area contributed by atoms with E-state index in [-0.39, 0.29) is 0 Å². The zero-order chi connectivity index (χ0) is 31.7. The first kappa shape index (κ1) is 29.0. The number of fused-ring (bicyclic) bond motifs is 6. The summed E-state index contributed by atoms with van der Waals surface area (Å²) in [5.41, 5.74) is 8.56. The molecule has 1 nitrogen and oxygen atoms in total. The van der Waals surface area contributed by atoms with Crippen molar-refractivity contribution in [3.8, 4) is 27.9 Å². The van der Waals surface area contributed by atoms with Gasteiger partial charge in [0.2, 0.25) is 0 Å². The summed E-state index contributed by atoms with van der Waals surface area (Å²) in [7, 11) is -2.74. The molecule has 1 aliphatic heterocycles. The highest BCUT2D eigenvalue weighted by molar-refractivity contribution is 9.10. The standard InChI is InChI=1S/C42H26Br2ClNSi/c43-28-14-22-41-36(24-28)37-25-29(44)15-23-42(37)47(41,31-18-16-30(45)17-19-31)32-20-21-40-35(26-32)34-11-5-7-13-39(34)46(40)38-12-6-4-10-33(38)27-8-2-1-3-9-27/h1-26H. The Bertz CT molecular complexity index is 2450. The van der Waals surface area contributed by atoms with Crippen LogP contribution in [0.3, 0.4) is 0 Å². The van der Waals surface area contributed by atoms with Crippen molar-refractivity contribution < 1.29 is 0 Å². The fourth-order valence-electron chi connectivity index (χ4n) is 7.76. The first-order valence-corrected chi connectivity index (χ1v) is 19.6. The van der Waals surface area contributed by atoms with Gasteiger partial charge in [-0.2, -0.15) is 0 Å². The molecule has 0 bridgehead atoms. The Morgan fingerprint density at radius 3 is 1.79 bits per heavy atom. The van der Waals surface area contributed by atoms with Crippen LogP contribution in [-0.2, 0) is 0 Å². The zero-order valence-corrected chi connectivity index (χ0v) is 30.0. The van der Waals surface area contributed by atoms with Crippen molar-refractivity contribution in [2.75, 3.05) is 0 Å². The van der Waals surface area contributed by atoms with Gasteiger partial charge in [0.15, 0.2) is 8.07 Å². The Morgan fingerprint density at radius 1 is 0.468 bits per heavy atom. The summed E-state index contributed by atoms with van der Waals surface area (Å²) >= 11 is 14.1. The van der Waals surface area contributed by atoms with Crippen molar-refractivity contribution in [3.05, 3.63) is 172 Å². The fraction of sp³-hybridized carbons (Fsp3) is 0. The second-order valence-corrected chi connectivity index (χ2v) is 18.1. The van der Waals surface area contributed by atoms with Crippen LogP contribution < -0.4 is 20.7 Å². The van der Waals surface area contributed by atoms with Crippen molar-refractivity contribution in [1.82, 2.24) is 4.57 Å². The van der Waals surface area contributed by atoms with Crippen LogP contribution in [0, 0.1) is 0 Å². The van der Waals surface area contributed by atoms with Gasteiger partial charge in [-0.25, -0.2) is 0 Å². The van der Waals surface area contributed by atoms with Gasteiger partial charge in [0, 0.05) is 30.3 Å². The van der Waals surface area contributed by atoms with Gasteiger partial charge in [-0.1, -0.05) is 147 Å². The lowest BCUT2D eigenvalue weighted by atomic mass is 10.0. The predicted octanol–water partition coefficient (Wildman–Crippen LogP) is 9.99. The molecule has 0 aliphatic carbocycles. The number of para-hydroxylation sites is 2. The summed E-state index contributed by atoms with van der Waals surface area (Å²) in [5, 5.41) is 8.73. The molecule has 47 heavy (non-hydrogen) atoms. The highest BCUT2D eigenvalue weighted by Crippen LogP contribution is 2.37. The molecule has 224 valence electrons. The van der Waals surface area contributed by atoms with Crippen LogP contribution in [0.4, 0.5) is 0 Å². The number of aromatic nitrogens is 1. The molecule has 0 N–H and O–H groups in total. The van der Waals surface area contributed by atoms with Gasteiger partial charge in [0.1, 0.15) is 0 Å². The summed E-state index contributed by atoms with van der Waals surface area (Å²) in [4.78, 5) is 0. The average molecular weight is 768 g/mol. The van der Waals surface area contributed by atoms with Gasteiger partial charge in [-0.05, 0) is 92.0 Å². The second kappa shape index (κ2) is 11.2. The van der Waals surface area contributed by atoms with Gasteiger partial charge in [0.25, 0.3) is 0 Å². The molecule has 5 heteroatoms. The average Bonchev–Trinajstić information content (AvgIpc) is 3.58. The molecule has 1 aliphatic rings. The van der Waals surface area contributed by atoms with E-state index in [1.807, 2.05) is 12.1 Å². The van der Waals surface area contributed by atoms with Crippen LogP contribution in [0.25, 0.3) is 49.7 Å². The van der Waals surface area contributed by atoms with E-state index >= 15 is 0 Å². The Morgan fingerprint density at radius 2 is 1.06 bits per heavy atom. The van der Waals surface area contributed by atoms with E-state index in [0.29, 0.717) is 0 Å². The monoisotopic (exact) mass is 765 g/mol. The first-order valence-electron chi connectivity index (χ1n) is 15.6. The number of hydrogen-bond donors (Lipinski definition) is 0. The lowest BCUT2D eigenvalue weighted by molar-refractivity contribution is 1.18. The molecule has 1 aromatic heterocycles.